The quantitative estimate of drug-likeness (QED) is 0.802. The number of piperazine rings is 1. The van der Waals surface area contributed by atoms with E-state index >= 15 is 0 Å². The Morgan fingerprint density at radius 3 is 2.40 bits per heavy atom. The number of alkyl halides is 1. The van der Waals surface area contributed by atoms with Gasteiger partial charge in [0.25, 0.3) is 0 Å². The second kappa shape index (κ2) is 9.46. The summed E-state index contributed by atoms with van der Waals surface area (Å²) in [6.07, 6.45) is 1.41. The topological polar surface area (TPSA) is 28.2 Å². The lowest BCUT2D eigenvalue weighted by molar-refractivity contribution is 0.147. The van der Waals surface area contributed by atoms with E-state index in [1.54, 1.807) is 0 Å². The van der Waals surface area contributed by atoms with Crippen LogP contribution in [0.15, 0.2) is 6.20 Å². The summed E-state index contributed by atoms with van der Waals surface area (Å²) in [7, 11) is 0. The molecule has 0 spiro atoms. The number of rotatable bonds is 3. The summed E-state index contributed by atoms with van der Waals surface area (Å²) in [6, 6.07) is -0.465. The van der Waals surface area contributed by atoms with Gasteiger partial charge in [0.1, 0.15) is 11.8 Å². The molecular formula is C11H15Cl5FN3. The summed E-state index contributed by atoms with van der Waals surface area (Å²) in [6.45, 7) is 2.59. The van der Waals surface area contributed by atoms with Crippen LogP contribution in [0.5, 0.6) is 0 Å². The minimum Gasteiger partial charge on any atom is -0.314 e. The predicted molar refractivity (Wildman–Crippen MR) is 86.9 cm³/mol. The summed E-state index contributed by atoms with van der Waals surface area (Å²) >= 11 is 18.1. The van der Waals surface area contributed by atoms with Crippen LogP contribution in [0.1, 0.15) is 11.6 Å². The fourth-order valence-corrected chi connectivity index (χ4v) is 2.86. The first-order chi connectivity index (χ1) is 8.65. The number of nitrogens with one attached hydrogen (secondary N) is 1. The molecule has 1 aliphatic rings. The van der Waals surface area contributed by atoms with Gasteiger partial charge in [-0.1, -0.05) is 34.8 Å². The van der Waals surface area contributed by atoms with Crippen LogP contribution in [0.25, 0.3) is 0 Å². The summed E-state index contributed by atoms with van der Waals surface area (Å²) in [4.78, 5) is 5.86. The highest BCUT2D eigenvalue weighted by molar-refractivity contribution is 6.43. The Balaban J connectivity index is 0.00000180. The van der Waals surface area contributed by atoms with Crippen LogP contribution < -0.4 is 5.32 Å². The number of hydrogen-bond donors (Lipinski definition) is 1. The molecule has 0 aromatic carbocycles. The van der Waals surface area contributed by atoms with Gasteiger partial charge in [-0.3, -0.25) is 4.90 Å². The third kappa shape index (κ3) is 4.47. The number of pyridine rings is 1. The fraction of sp³-hybridized carbons (Fsp3) is 0.545. The van der Waals surface area contributed by atoms with E-state index in [0.717, 1.165) is 26.2 Å². The molecule has 1 atom stereocenters. The molecule has 0 amide bonds. The molecule has 2 heterocycles. The first kappa shape index (κ1) is 20.5. The first-order valence-electron chi connectivity index (χ1n) is 5.65. The predicted octanol–water partition coefficient (Wildman–Crippen LogP) is 3.80. The van der Waals surface area contributed by atoms with Crippen LogP contribution in [-0.2, 0) is 0 Å². The Bertz CT molecular complexity index is 429. The van der Waals surface area contributed by atoms with Crippen molar-refractivity contribution in [2.75, 3.05) is 32.9 Å². The van der Waals surface area contributed by atoms with Crippen molar-refractivity contribution < 1.29 is 4.39 Å². The van der Waals surface area contributed by atoms with E-state index in [1.807, 2.05) is 4.90 Å². The number of nitrogens with zero attached hydrogens (tertiary/aromatic N) is 2. The Labute approximate surface area is 145 Å². The molecule has 1 aliphatic heterocycles. The second-order valence-corrected chi connectivity index (χ2v) is 5.22. The van der Waals surface area contributed by atoms with Crippen molar-refractivity contribution >= 4 is 59.6 Å². The van der Waals surface area contributed by atoms with Crippen LogP contribution in [-0.4, -0.2) is 42.7 Å². The lowest BCUT2D eigenvalue weighted by Crippen LogP contribution is -2.45. The molecule has 0 saturated carbocycles. The van der Waals surface area contributed by atoms with Crippen molar-refractivity contribution in [2.24, 2.45) is 0 Å². The molecule has 0 bridgehead atoms. The molecule has 0 radical (unpaired) electrons. The highest BCUT2D eigenvalue weighted by Crippen LogP contribution is 2.37. The average Bonchev–Trinajstić information content (AvgIpc) is 2.40. The maximum Gasteiger partial charge on any atom is 0.148 e. The molecular weight excluding hydrogens is 370 g/mol. The van der Waals surface area contributed by atoms with Crippen molar-refractivity contribution in [3.63, 3.8) is 0 Å². The fourth-order valence-electron chi connectivity index (χ4n) is 2.11. The molecule has 1 fully saturated rings. The van der Waals surface area contributed by atoms with Gasteiger partial charge in [-0.2, -0.15) is 0 Å². The summed E-state index contributed by atoms with van der Waals surface area (Å²) in [5.74, 6) is 0. The zero-order valence-corrected chi connectivity index (χ0v) is 14.3. The van der Waals surface area contributed by atoms with Crippen molar-refractivity contribution in [2.45, 2.75) is 6.04 Å². The first-order valence-corrected chi connectivity index (χ1v) is 6.78. The van der Waals surface area contributed by atoms with Crippen molar-refractivity contribution in [1.29, 1.82) is 0 Å². The van der Waals surface area contributed by atoms with Gasteiger partial charge in [-0.25, -0.2) is 9.37 Å². The molecule has 1 saturated heterocycles. The van der Waals surface area contributed by atoms with Gasteiger partial charge in [-0.05, 0) is 0 Å². The van der Waals surface area contributed by atoms with Crippen LogP contribution in [0, 0.1) is 0 Å². The number of halogens is 6. The lowest BCUT2D eigenvalue weighted by atomic mass is 10.1. The molecule has 2 rings (SSSR count). The normalized spacial score (nSPS) is 17.0. The standard InChI is InChI=1S/C11H13Cl3FN3.2ClH/c12-7-6-17-11(14)10(13)9(7)8(5-15)18-3-1-16-2-4-18;;/h6,8,16H,1-5H2;2*1H/t8-;;/m0../s1. The largest absolute Gasteiger partial charge is 0.314 e. The van der Waals surface area contributed by atoms with E-state index in [1.165, 1.54) is 6.20 Å². The zero-order chi connectivity index (χ0) is 13.1. The summed E-state index contributed by atoms with van der Waals surface area (Å²) < 4.78 is 13.4. The zero-order valence-electron chi connectivity index (χ0n) is 10.4. The highest BCUT2D eigenvalue weighted by atomic mass is 35.5. The molecule has 116 valence electrons. The Morgan fingerprint density at radius 1 is 1.25 bits per heavy atom. The third-order valence-corrected chi connectivity index (χ3v) is 4.10. The van der Waals surface area contributed by atoms with Gasteiger partial charge in [-0.15, -0.1) is 24.8 Å². The van der Waals surface area contributed by atoms with Crippen LogP contribution >= 0.6 is 59.6 Å². The van der Waals surface area contributed by atoms with Gasteiger partial charge in [0, 0.05) is 37.9 Å². The van der Waals surface area contributed by atoms with Crippen molar-refractivity contribution in [3.8, 4) is 0 Å². The van der Waals surface area contributed by atoms with E-state index < -0.39 is 12.7 Å². The van der Waals surface area contributed by atoms with E-state index in [4.69, 9.17) is 34.8 Å². The maximum absolute atomic E-state index is 13.4. The average molecular weight is 386 g/mol. The highest BCUT2D eigenvalue weighted by Gasteiger charge is 2.27. The Morgan fingerprint density at radius 2 is 1.85 bits per heavy atom. The lowest BCUT2D eigenvalue weighted by Gasteiger charge is -2.34. The van der Waals surface area contributed by atoms with Gasteiger partial charge < -0.3 is 5.32 Å². The van der Waals surface area contributed by atoms with E-state index in [2.05, 4.69) is 10.3 Å². The van der Waals surface area contributed by atoms with E-state index in [-0.39, 0.29) is 35.0 Å². The molecule has 1 aromatic rings. The molecule has 3 nitrogen and oxygen atoms in total. The van der Waals surface area contributed by atoms with Crippen LogP contribution in [0.3, 0.4) is 0 Å². The number of hydrogen-bond acceptors (Lipinski definition) is 3. The van der Waals surface area contributed by atoms with E-state index in [9.17, 15) is 4.39 Å². The van der Waals surface area contributed by atoms with Crippen molar-refractivity contribution in [1.82, 2.24) is 15.2 Å². The number of aromatic nitrogens is 1. The van der Waals surface area contributed by atoms with Gasteiger partial charge in [0.05, 0.1) is 16.1 Å². The monoisotopic (exact) mass is 383 g/mol. The SMILES string of the molecule is Cl.Cl.FC[C@@H](c1c(Cl)cnc(Cl)c1Cl)N1CCNCC1. The minimum atomic E-state index is -0.556. The van der Waals surface area contributed by atoms with Crippen LogP contribution in [0.2, 0.25) is 15.2 Å². The summed E-state index contributed by atoms with van der Waals surface area (Å²) in [5, 5.41) is 3.97. The second-order valence-electron chi connectivity index (χ2n) is 4.08. The van der Waals surface area contributed by atoms with Crippen LogP contribution in [0.4, 0.5) is 4.39 Å². The molecule has 1 aromatic heterocycles. The van der Waals surface area contributed by atoms with Crippen molar-refractivity contribution in [3.05, 3.63) is 27.0 Å². The smallest absolute Gasteiger partial charge is 0.148 e. The minimum absolute atomic E-state index is 0. The van der Waals surface area contributed by atoms with E-state index in [0.29, 0.717) is 10.6 Å². The van der Waals surface area contributed by atoms with Gasteiger partial charge in [0.15, 0.2) is 0 Å². The molecule has 9 heteroatoms. The maximum atomic E-state index is 13.4. The molecule has 20 heavy (non-hydrogen) atoms. The summed E-state index contributed by atoms with van der Waals surface area (Å²) in [5.41, 5.74) is 0.530. The van der Waals surface area contributed by atoms with Gasteiger partial charge in [0.2, 0.25) is 0 Å². The molecule has 0 aliphatic carbocycles. The molecule has 1 N–H and O–H groups in total. The molecule has 0 unspecified atom stereocenters. The Hall–Kier alpha value is 0.450. The Kier molecular flexibility index (Phi) is 9.68. The third-order valence-electron chi connectivity index (χ3n) is 3.04. The van der Waals surface area contributed by atoms with Gasteiger partial charge >= 0.3 is 0 Å².